The number of hydrogen-bond donors (Lipinski definition) is 2. The summed E-state index contributed by atoms with van der Waals surface area (Å²) in [6.45, 7) is -0.350. The van der Waals surface area contributed by atoms with Crippen molar-refractivity contribution in [3.8, 4) is 0 Å². The Kier molecular flexibility index (Phi) is 3.41. The van der Waals surface area contributed by atoms with Crippen molar-refractivity contribution < 1.29 is 14.7 Å². The summed E-state index contributed by atoms with van der Waals surface area (Å²) in [6, 6.07) is 0. The van der Waals surface area contributed by atoms with Crippen LogP contribution in [0.15, 0.2) is 6.20 Å². The van der Waals surface area contributed by atoms with E-state index in [4.69, 9.17) is 16.7 Å². The Morgan fingerprint density at radius 3 is 2.93 bits per heavy atom. The minimum atomic E-state index is -1.06. The molecule has 0 unspecified atom stereocenters. The zero-order chi connectivity index (χ0) is 10.6. The first-order valence-electron chi connectivity index (χ1n) is 3.59. The van der Waals surface area contributed by atoms with Gasteiger partial charge in [-0.1, -0.05) is 0 Å². The second-order valence-electron chi connectivity index (χ2n) is 2.34. The highest BCUT2D eigenvalue weighted by Gasteiger charge is 2.06. The number of halogens is 1. The summed E-state index contributed by atoms with van der Waals surface area (Å²) in [6.07, 6.45) is 1.24. The molecule has 14 heavy (non-hydrogen) atoms. The van der Waals surface area contributed by atoms with Crippen LogP contribution in [0.4, 0.5) is 5.82 Å². The van der Waals surface area contributed by atoms with Gasteiger partial charge in [-0.25, -0.2) is 0 Å². The lowest BCUT2D eigenvalue weighted by molar-refractivity contribution is -0.138. The van der Waals surface area contributed by atoms with Crippen LogP contribution >= 0.6 is 11.6 Å². The van der Waals surface area contributed by atoms with E-state index in [0.29, 0.717) is 0 Å². The molecule has 0 saturated heterocycles. The third-order valence-corrected chi connectivity index (χ3v) is 1.44. The fourth-order valence-corrected chi connectivity index (χ4v) is 0.795. The lowest BCUT2D eigenvalue weighted by atomic mass is 10.6. The smallest absolute Gasteiger partial charge is 0.327 e. The Morgan fingerprint density at radius 1 is 1.64 bits per heavy atom. The molecule has 2 N–H and O–H groups in total. The van der Waals surface area contributed by atoms with E-state index in [1.54, 1.807) is 0 Å². The van der Waals surface area contributed by atoms with Crippen molar-refractivity contribution >= 4 is 29.3 Å². The van der Waals surface area contributed by atoms with Crippen LogP contribution in [0, 0.1) is 0 Å². The third kappa shape index (κ3) is 3.02. The first-order valence-corrected chi connectivity index (χ1v) is 4.13. The summed E-state index contributed by atoms with van der Waals surface area (Å²) in [5.74, 6) is -1.49. The van der Waals surface area contributed by atoms with Crippen molar-refractivity contribution in [2.75, 3.05) is 11.2 Å². The van der Waals surface area contributed by atoms with Crippen LogP contribution in [0.5, 0.6) is 0 Å². The molecule has 0 aliphatic rings. The number of carboxylic acids is 1. The minimum absolute atomic E-state index is 0.178. The van der Waals surface area contributed by atoms with E-state index in [2.05, 4.69) is 15.5 Å². The second kappa shape index (κ2) is 4.56. The number of rotatable bonds is 4. The molecule has 0 aliphatic heterocycles. The Bertz CT molecular complexity index is 351. The first kappa shape index (κ1) is 10.5. The quantitative estimate of drug-likeness (QED) is 0.667. The molecule has 0 bridgehead atoms. The number of amides is 1. The SMILES string of the molecule is O=C(O)Cn1ncc(NC(=O)CCl)n1. The van der Waals surface area contributed by atoms with Crippen LogP contribution in [-0.4, -0.2) is 37.9 Å². The normalized spacial score (nSPS) is 9.79. The fourth-order valence-electron chi connectivity index (χ4n) is 0.728. The van der Waals surface area contributed by atoms with Crippen molar-refractivity contribution in [1.82, 2.24) is 15.0 Å². The van der Waals surface area contributed by atoms with Gasteiger partial charge in [0.25, 0.3) is 0 Å². The number of carboxylic acid groups (broad SMARTS) is 1. The van der Waals surface area contributed by atoms with Crippen molar-refractivity contribution in [3.63, 3.8) is 0 Å². The highest BCUT2D eigenvalue weighted by Crippen LogP contribution is 1.98. The van der Waals surface area contributed by atoms with Crippen molar-refractivity contribution in [3.05, 3.63) is 6.20 Å². The molecule has 0 saturated carbocycles. The van der Waals surface area contributed by atoms with Crippen molar-refractivity contribution in [1.29, 1.82) is 0 Å². The molecule has 1 amide bonds. The zero-order valence-corrected chi connectivity index (χ0v) is 7.73. The summed E-state index contributed by atoms with van der Waals surface area (Å²) < 4.78 is 0. The van der Waals surface area contributed by atoms with Crippen molar-refractivity contribution in [2.45, 2.75) is 6.54 Å². The zero-order valence-electron chi connectivity index (χ0n) is 6.97. The summed E-state index contributed by atoms with van der Waals surface area (Å²) in [4.78, 5) is 22.0. The summed E-state index contributed by atoms with van der Waals surface area (Å²) in [7, 11) is 0. The van der Waals surface area contributed by atoms with Crippen LogP contribution < -0.4 is 5.32 Å². The summed E-state index contributed by atoms with van der Waals surface area (Å²) in [5.41, 5.74) is 0. The Hall–Kier alpha value is -1.63. The van der Waals surface area contributed by atoms with Crippen LogP contribution in [-0.2, 0) is 16.1 Å². The van der Waals surface area contributed by atoms with Crippen LogP contribution in [0.2, 0.25) is 0 Å². The van der Waals surface area contributed by atoms with Gasteiger partial charge < -0.3 is 10.4 Å². The van der Waals surface area contributed by atoms with Crippen molar-refractivity contribution in [2.24, 2.45) is 0 Å². The van der Waals surface area contributed by atoms with Crippen LogP contribution in [0.1, 0.15) is 0 Å². The molecule has 0 atom stereocenters. The van der Waals surface area contributed by atoms with E-state index in [1.807, 2.05) is 0 Å². The average molecular weight is 219 g/mol. The van der Waals surface area contributed by atoms with Gasteiger partial charge in [-0.05, 0) is 0 Å². The van der Waals surface area contributed by atoms with Gasteiger partial charge in [-0.3, -0.25) is 9.59 Å². The Morgan fingerprint density at radius 2 is 2.36 bits per heavy atom. The molecule has 0 aliphatic carbocycles. The van der Waals surface area contributed by atoms with E-state index in [0.717, 1.165) is 4.80 Å². The number of anilines is 1. The van der Waals surface area contributed by atoms with Gasteiger partial charge in [0, 0.05) is 0 Å². The number of hydrogen-bond acceptors (Lipinski definition) is 4. The van der Waals surface area contributed by atoms with Gasteiger partial charge in [-0.15, -0.1) is 16.7 Å². The lowest BCUT2D eigenvalue weighted by Gasteiger charge is -1.95. The summed E-state index contributed by atoms with van der Waals surface area (Å²) in [5, 5.41) is 18.0. The standard InChI is InChI=1S/C6H7ClN4O3/c7-1-5(12)9-4-2-8-11(10-4)3-6(13)14/h2H,1,3H2,(H,13,14)(H,9,10,12). The number of aromatic nitrogens is 3. The van der Waals surface area contributed by atoms with Gasteiger partial charge >= 0.3 is 5.97 Å². The predicted octanol–water partition coefficient (Wildman–Crippen LogP) is -0.460. The average Bonchev–Trinajstić information content (AvgIpc) is 2.51. The maximum absolute atomic E-state index is 10.8. The number of nitrogens with one attached hydrogen (secondary N) is 1. The number of carbonyl (C=O) groups is 2. The van der Waals surface area contributed by atoms with Gasteiger partial charge in [0.05, 0.1) is 6.20 Å². The minimum Gasteiger partial charge on any atom is -0.480 e. The highest BCUT2D eigenvalue weighted by atomic mass is 35.5. The molecule has 76 valence electrons. The third-order valence-electron chi connectivity index (χ3n) is 1.20. The topological polar surface area (TPSA) is 97.1 Å². The fraction of sp³-hybridized carbons (Fsp3) is 0.333. The van der Waals surface area contributed by atoms with Gasteiger partial charge in [0.15, 0.2) is 12.4 Å². The Balaban J connectivity index is 2.59. The van der Waals surface area contributed by atoms with E-state index < -0.39 is 11.9 Å². The molecular weight excluding hydrogens is 212 g/mol. The van der Waals surface area contributed by atoms with Gasteiger partial charge in [-0.2, -0.15) is 9.90 Å². The molecule has 1 heterocycles. The predicted molar refractivity (Wildman–Crippen MR) is 47.0 cm³/mol. The number of carbonyl (C=O) groups excluding carboxylic acids is 1. The largest absolute Gasteiger partial charge is 0.480 e. The van der Waals surface area contributed by atoms with E-state index in [1.165, 1.54) is 6.20 Å². The maximum Gasteiger partial charge on any atom is 0.327 e. The van der Waals surface area contributed by atoms with E-state index in [9.17, 15) is 9.59 Å². The second-order valence-corrected chi connectivity index (χ2v) is 2.60. The molecule has 0 fully saturated rings. The van der Waals surface area contributed by atoms with E-state index in [-0.39, 0.29) is 18.2 Å². The molecule has 0 radical (unpaired) electrons. The molecule has 1 aromatic rings. The molecule has 1 aromatic heterocycles. The monoisotopic (exact) mass is 218 g/mol. The summed E-state index contributed by atoms with van der Waals surface area (Å²) >= 11 is 5.23. The molecule has 0 spiro atoms. The number of alkyl halides is 1. The molecular formula is C6H7ClN4O3. The van der Waals surface area contributed by atoms with Gasteiger partial charge in [0.1, 0.15) is 5.88 Å². The van der Waals surface area contributed by atoms with Crippen LogP contribution in [0.3, 0.4) is 0 Å². The number of aliphatic carboxylic acids is 1. The number of nitrogens with zero attached hydrogens (tertiary/aromatic N) is 3. The van der Waals surface area contributed by atoms with E-state index >= 15 is 0 Å². The molecule has 0 aromatic carbocycles. The maximum atomic E-state index is 10.8. The van der Waals surface area contributed by atoms with Gasteiger partial charge in [0.2, 0.25) is 5.91 Å². The van der Waals surface area contributed by atoms with Crippen LogP contribution in [0.25, 0.3) is 0 Å². The first-order chi connectivity index (χ1) is 6.61. The lowest BCUT2D eigenvalue weighted by Crippen LogP contribution is -2.14. The molecule has 7 nitrogen and oxygen atoms in total. The Labute approximate surface area is 83.7 Å². The highest BCUT2D eigenvalue weighted by molar-refractivity contribution is 6.28. The molecule has 1 rings (SSSR count). The molecule has 8 heteroatoms.